The van der Waals surface area contributed by atoms with Crippen molar-refractivity contribution in [2.24, 2.45) is 5.41 Å². The molecule has 3 rings (SSSR count). The normalized spacial score (nSPS) is 15.4. The predicted molar refractivity (Wildman–Crippen MR) is 103 cm³/mol. The Morgan fingerprint density at radius 1 is 0.643 bits per heavy atom. The van der Waals surface area contributed by atoms with E-state index in [1.54, 1.807) is 0 Å². The van der Waals surface area contributed by atoms with Gasteiger partial charge in [0.05, 0.1) is 0 Å². The molecule has 0 atom stereocenters. The van der Waals surface area contributed by atoms with Gasteiger partial charge in [-0.2, -0.15) is 0 Å². The fourth-order valence-corrected chi connectivity index (χ4v) is 6.39. The van der Waals surface area contributed by atoms with Crippen molar-refractivity contribution in [1.82, 2.24) is 0 Å². The fourth-order valence-electron chi connectivity index (χ4n) is 4.68. The van der Waals surface area contributed by atoms with Crippen molar-refractivity contribution < 1.29 is 57.7 Å². The molecule has 0 saturated carbocycles. The maximum absolute atomic E-state index is 2.48. The van der Waals surface area contributed by atoms with Gasteiger partial charge in [0.25, 0.3) is 0 Å². The molecule has 28 heavy (non-hydrogen) atoms. The van der Waals surface area contributed by atoms with Crippen LogP contribution in [0.2, 0.25) is 3.72 Å². The number of benzene rings is 2. The monoisotopic (exact) mass is 468 g/mol. The summed E-state index contributed by atoms with van der Waals surface area (Å²) in [5, 5.41) is 0. The van der Waals surface area contributed by atoms with Gasteiger partial charge in [0.15, 0.2) is 0 Å². The van der Waals surface area contributed by atoms with Crippen molar-refractivity contribution in [3.05, 3.63) is 95.1 Å². The van der Waals surface area contributed by atoms with Gasteiger partial charge in [0.2, 0.25) is 0 Å². The Morgan fingerprint density at radius 3 is 1.25 bits per heavy atom. The molecule has 0 N–H and O–H groups in total. The quantitative estimate of drug-likeness (QED) is 0.442. The smallest absolute Gasteiger partial charge is 1.00 e. The van der Waals surface area contributed by atoms with Gasteiger partial charge >= 0.3 is 165 Å². The summed E-state index contributed by atoms with van der Waals surface area (Å²) in [6.45, 7) is 11.6. The average Bonchev–Trinajstić information content (AvgIpc) is 2.82. The van der Waals surface area contributed by atoms with Gasteiger partial charge in [-0.25, -0.2) is 0 Å². The van der Waals surface area contributed by atoms with E-state index in [1.165, 1.54) is 22.3 Å². The molecule has 0 nitrogen and oxygen atoms in total. The maximum atomic E-state index is 2.48. The summed E-state index contributed by atoms with van der Waals surface area (Å²) in [6, 6.07) is 22.1. The van der Waals surface area contributed by atoms with E-state index in [-0.39, 0.29) is 51.8 Å². The zero-order chi connectivity index (χ0) is 18.3. The molecule has 0 spiro atoms. The summed E-state index contributed by atoms with van der Waals surface area (Å²) in [7, 11) is 0. The fraction of sp³-hybridized carbons (Fsp3) is 0.333. The van der Waals surface area contributed by atoms with Gasteiger partial charge in [0, 0.05) is 0 Å². The summed E-state index contributed by atoms with van der Waals surface area (Å²) in [5.74, 6) is 0. The minimum atomic E-state index is -0.151. The van der Waals surface area contributed by atoms with Crippen molar-refractivity contribution in [1.29, 1.82) is 0 Å². The molecule has 1 aliphatic carbocycles. The minimum absolute atomic E-state index is 0. The van der Waals surface area contributed by atoms with Crippen LogP contribution in [-0.4, -0.2) is 0 Å². The largest absolute Gasteiger partial charge is 1.00 e. The van der Waals surface area contributed by atoms with E-state index in [2.05, 4.69) is 128 Å². The maximum Gasteiger partial charge on any atom is -1.00 e. The minimum Gasteiger partial charge on any atom is -1.00 e. The van der Waals surface area contributed by atoms with E-state index in [0.717, 1.165) is 0 Å². The molecule has 2 aromatic rings. The summed E-state index contributed by atoms with van der Waals surface area (Å²) >= 11 is 2.40. The molecule has 0 radical (unpaired) electrons. The van der Waals surface area contributed by atoms with Crippen LogP contribution < -0.4 is 37.2 Å². The van der Waals surface area contributed by atoms with Gasteiger partial charge in [-0.1, -0.05) is 0 Å². The van der Waals surface area contributed by atoms with E-state index in [0.29, 0.717) is 0 Å². The second kappa shape index (κ2) is 10.0. The Hall–Kier alpha value is -0.496. The van der Waals surface area contributed by atoms with Gasteiger partial charge in [-0.15, -0.1) is 0 Å². The SMILES string of the molecule is CC1=C[C]([Ti+3])(C(c2ccccc2)(c2ccccc2)C(C)(C)C)C=C1C.[Cl-].[Cl-].[Cl-]. The first-order valence-corrected chi connectivity index (χ1v) is 9.76. The standard InChI is InChI=1S/C24H27.3ClH.Ti/c1-18-16-22(17-19(18)2)24(23(3,4)5,20-12-8-6-9-13-20)21-14-10-7-11-15-21;;;;/h6-17H,1-5H3;3*1H;/q;;;;+3/p-3. The van der Waals surface area contributed by atoms with Crippen LogP contribution in [0.25, 0.3) is 0 Å². The van der Waals surface area contributed by atoms with Gasteiger partial charge in [-0.05, 0) is 0 Å². The van der Waals surface area contributed by atoms with Crippen molar-refractivity contribution >= 4 is 0 Å². The third kappa shape index (κ3) is 4.33. The molecule has 0 aliphatic heterocycles. The number of allylic oxidation sites excluding steroid dienone is 4. The number of rotatable bonds is 3. The molecule has 0 bridgehead atoms. The summed E-state index contributed by atoms with van der Waals surface area (Å²) in [5.41, 5.74) is 5.42. The number of hydrogen-bond donors (Lipinski definition) is 0. The third-order valence-corrected chi connectivity index (χ3v) is 6.71. The molecule has 0 amide bonds. The number of hydrogen-bond acceptors (Lipinski definition) is 0. The molecule has 0 unspecified atom stereocenters. The topological polar surface area (TPSA) is 0 Å². The van der Waals surface area contributed by atoms with Crippen LogP contribution in [0, 0.1) is 5.41 Å². The van der Waals surface area contributed by atoms with Crippen molar-refractivity contribution in [3.63, 3.8) is 0 Å². The molecular formula is C24H27Cl3Ti. The molecule has 148 valence electrons. The first-order valence-electron chi connectivity index (χ1n) is 8.98. The van der Waals surface area contributed by atoms with Crippen LogP contribution in [0.1, 0.15) is 45.7 Å². The molecule has 0 heterocycles. The molecule has 0 saturated heterocycles. The third-order valence-electron chi connectivity index (χ3n) is 5.67. The second-order valence-electron chi connectivity index (χ2n) is 8.26. The molecule has 4 heteroatoms. The molecule has 0 fully saturated rings. The Morgan fingerprint density at radius 2 is 0.964 bits per heavy atom. The van der Waals surface area contributed by atoms with Crippen LogP contribution in [0.4, 0.5) is 0 Å². The van der Waals surface area contributed by atoms with Crippen LogP contribution in [0.15, 0.2) is 84.0 Å². The van der Waals surface area contributed by atoms with Gasteiger partial charge in [-0.3, -0.25) is 0 Å². The molecule has 0 aromatic heterocycles. The second-order valence-corrected chi connectivity index (χ2v) is 9.55. The molecule has 1 aliphatic rings. The summed E-state index contributed by atoms with van der Waals surface area (Å²) in [6.07, 6.45) is 4.96. The first kappa shape index (κ1) is 27.5. The predicted octanol–water partition coefficient (Wildman–Crippen LogP) is -2.36. The summed E-state index contributed by atoms with van der Waals surface area (Å²) in [4.78, 5) is 0. The zero-order valence-corrected chi connectivity index (χ0v) is 20.9. The van der Waals surface area contributed by atoms with Crippen LogP contribution in [0.3, 0.4) is 0 Å². The van der Waals surface area contributed by atoms with E-state index >= 15 is 0 Å². The van der Waals surface area contributed by atoms with Crippen molar-refractivity contribution in [2.75, 3.05) is 0 Å². The van der Waals surface area contributed by atoms with E-state index in [4.69, 9.17) is 0 Å². The average molecular weight is 470 g/mol. The zero-order valence-electron chi connectivity index (χ0n) is 17.1. The molecule has 2 aromatic carbocycles. The van der Waals surface area contributed by atoms with Gasteiger partial charge < -0.3 is 37.2 Å². The Bertz CT molecular complexity index is 760. The van der Waals surface area contributed by atoms with Crippen molar-refractivity contribution in [3.8, 4) is 0 Å². The van der Waals surface area contributed by atoms with E-state index in [9.17, 15) is 0 Å². The summed E-state index contributed by atoms with van der Waals surface area (Å²) < 4.78 is -0.0812. The van der Waals surface area contributed by atoms with Crippen LogP contribution in [0.5, 0.6) is 0 Å². The van der Waals surface area contributed by atoms with E-state index < -0.39 is 0 Å². The Labute approximate surface area is 200 Å². The first-order chi connectivity index (χ1) is 11.7. The Kier molecular flexibility index (Phi) is 9.83. The number of halogens is 3. The Balaban J connectivity index is 0.00000243. The van der Waals surface area contributed by atoms with Crippen LogP contribution in [-0.2, 0) is 25.9 Å². The van der Waals surface area contributed by atoms with Crippen LogP contribution >= 0.6 is 0 Å². The van der Waals surface area contributed by atoms with Gasteiger partial charge in [0.1, 0.15) is 0 Å². The molecular weight excluding hydrogens is 442 g/mol. The van der Waals surface area contributed by atoms with E-state index in [1.807, 2.05) is 0 Å². The van der Waals surface area contributed by atoms with Crippen molar-refractivity contribution in [2.45, 2.75) is 43.8 Å².